The maximum Gasteiger partial charge on any atom is 0.336 e. The molecule has 0 aliphatic heterocycles. The predicted octanol–water partition coefficient (Wildman–Crippen LogP) is 4.38. The molecule has 0 saturated carbocycles. The van der Waals surface area contributed by atoms with Crippen molar-refractivity contribution < 1.29 is 17.9 Å². The number of fused-ring (bicyclic) bond motifs is 1. The fraction of sp³-hybridized carbons (Fsp3) is 0.333. The summed E-state index contributed by atoms with van der Waals surface area (Å²) in [7, 11) is -2.03. The van der Waals surface area contributed by atoms with E-state index >= 15 is 0 Å². The number of nitrogens with zero attached hydrogens (tertiary/aromatic N) is 3. The highest BCUT2D eigenvalue weighted by Crippen LogP contribution is 2.33. The summed E-state index contributed by atoms with van der Waals surface area (Å²) in [5.74, 6) is 0.870. The number of hydrogen-bond donors (Lipinski definition) is 2. The van der Waals surface area contributed by atoms with Gasteiger partial charge in [0.1, 0.15) is 11.4 Å². The molecule has 0 saturated heterocycles. The highest BCUT2D eigenvalue weighted by Gasteiger charge is 2.21. The molecule has 0 spiro atoms. The highest BCUT2D eigenvalue weighted by atomic mass is 32.2. The van der Waals surface area contributed by atoms with Gasteiger partial charge in [0.2, 0.25) is 0 Å². The number of methoxy groups -OCH3 is 1. The van der Waals surface area contributed by atoms with E-state index in [0.717, 1.165) is 34.4 Å². The van der Waals surface area contributed by atoms with Crippen molar-refractivity contribution in [2.45, 2.75) is 31.7 Å². The lowest BCUT2D eigenvalue weighted by Crippen LogP contribution is -2.27. The second-order valence-electron chi connectivity index (χ2n) is 7.64. The van der Waals surface area contributed by atoms with Crippen LogP contribution in [-0.2, 0) is 16.4 Å². The molecule has 0 fully saturated rings. The Labute approximate surface area is 187 Å². The third-order valence-electron chi connectivity index (χ3n) is 4.85. The van der Waals surface area contributed by atoms with E-state index in [2.05, 4.69) is 37.1 Å². The zero-order valence-electron chi connectivity index (χ0n) is 17.9. The van der Waals surface area contributed by atoms with Gasteiger partial charge in [-0.1, -0.05) is 32.7 Å². The molecular formula is C21H26N4O4S2. The lowest BCUT2D eigenvalue weighted by atomic mass is 10.1. The van der Waals surface area contributed by atoms with Gasteiger partial charge >= 0.3 is 6.03 Å². The predicted molar refractivity (Wildman–Crippen MR) is 126 cm³/mol. The molecule has 2 amide bonds. The minimum atomic E-state index is -3.47. The molecule has 3 rings (SSSR count). The average molecular weight is 463 g/mol. The van der Waals surface area contributed by atoms with E-state index in [0.29, 0.717) is 17.4 Å². The molecule has 8 nitrogen and oxygen atoms in total. The third kappa shape index (κ3) is 5.13. The van der Waals surface area contributed by atoms with Gasteiger partial charge < -0.3 is 10.1 Å². The number of carbonyl (C=O) groups is 1. The lowest BCUT2D eigenvalue weighted by molar-refractivity contribution is 0.260. The number of thiol groups is 1. The van der Waals surface area contributed by atoms with Crippen LogP contribution < -0.4 is 14.4 Å². The van der Waals surface area contributed by atoms with Gasteiger partial charge in [-0.05, 0) is 42.7 Å². The number of amides is 2. The number of aryl methyl sites for hydroxylation is 1. The van der Waals surface area contributed by atoms with E-state index in [9.17, 15) is 13.2 Å². The van der Waals surface area contributed by atoms with Crippen molar-refractivity contribution in [1.29, 1.82) is 0 Å². The minimum Gasteiger partial charge on any atom is -0.495 e. The number of urea groups is 1. The van der Waals surface area contributed by atoms with Crippen LogP contribution in [0.4, 0.5) is 16.2 Å². The number of rotatable bonds is 7. The maximum atomic E-state index is 12.9. The number of anilines is 2. The smallest absolute Gasteiger partial charge is 0.336 e. The fourth-order valence-corrected chi connectivity index (χ4v) is 3.96. The van der Waals surface area contributed by atoms with Crippen LogP contribution >= 0.6 is 12.8 Å². The first kappa shape index (κ1) is 23.0. The molecule has 10 heteroatoms. The van der Waals surface area contributed by atoms with Gasteiger partial charge in [0.15, 0.2) is 9.84 Å². The van der Waals surface area contributed by atoms with Crippen LogP contribution in [0.3, 0.4) is 0 Å². The maximum absolute atomic E-state index is 12.9. The first-order valence-electron chi connectivity index (χ1n) is 9.74. The van der Waals surface area contributed by atoms with Crippen molar-refractivity contribution in [3.63, 3.8) is 0 Å². The summed E-state index contributed by atoms with van der Waals surface area (Å²) < 4.78 is 32.1. The largest absolute Gasteiger partial charge is 0.495 e. The molecule has 0 aliphatic rings. The van der Waals surface area contributed by atoms with E-state index in [1.54, 1.807) is 12.3 Å². The molecule has 2 aromatic carbocycles. The zero-order valence-corrected chi connectivity index (χ0v) is 19.6. The molecule has 0 atom stereocenters. The number of benzene rings is 2. The summed E-state index contributed by atoms with van der Waals surface area (Å²) in [5, 5.41) is 8.08. The summed E-state index contributed by atoms with van der Waals surface area (Å²) >= 11 is 4.29. The Morgan fingerprint density at radius 1 is 1.29 bits per heavy atom. The second-order valence-corrected chi connectivity index (χ2v) is 10.1. The van der Waals surface area contributed by atoms with Gasteiger partial charge in [0.25, 0.3) is 0 Å². The molecule has 0 bridgehead atoms. The van der Waals surface area contributed by atoms with Crippen molar-refractivity contribution in [1.82, 2.24) is 9.78 Å². The lowest BCUT2D eigenvalue weighted by Gasteiger charge is -2.20. The van der Waals surface area contributed by atoms with Crippen LogP contribution in [0.15, 0.2) is 47.5 Å². The first-order valence-corrected chi connectivity index (χ1v) is 12.0. The number of carbonyl (C=O) groups excluding carboxylic acids is 1. The van der Waals surface area contributed by atoms with E-state index in [1.165, 1.54) is 25.3 Å². The number of ether oxygens (including phenoxy) is 1. The molecule has 0 unspecified atom stereocenters. The van der Waals surface area contributed by atoms with Gasteiger partial charge in [-0.15, -0.1) is 0 Å². The number of nitrogens with one attached hydrogen (secondary N) is 1. The van der Waals surface area contributed by atoms with Gasteiger partial charge in [-0.2, -0.15) is 5.10 Å². The molecule has 0 radical (unpaired) electrons. The van der Waals surface area contributed by atoms with Crippen LogP contribution in [0.5, 0.6) is 5.75 Å². The van der Waals surface area contributed by atoms with Crippen LogP contribution in [0.1, 0.15) is 20.3 Å². The van der Waals surface area contributed by atoms with Crippen molar-refractivity contribution >= 4 is 51.0 Å². The molecule has 1 N–H and O–H groups in total. The molecular weight excluding hydrogens is 436 g/mol. The Kier molecular flexibility index (Phi) is 6.80. The topological polar surface area (TPSA) is 93.5 Å². The third-order valence-corrected chi connectivity index (χ3v) is 6.35. The van der Waals surface area contributed by atoms with Crippen LogP contribution in [-0.4, -0.2) is 37.6 Å². The standard InChI is InChI=1S/C21H26N4O4S2/c1-14(2)10-11-24-18-7-5-6-17(16(18)13-22-24)23-21(26)25(30)19-12-15(31(4,27)28)8-9-20(19)29-3/h5-9,12-14,30H,10-11H2,1-4H3,(H,23,26). The summed E-state index contributed by atoms with van der Waals surface area (Å²) in [4.78, 5) is 13.0. The zero-order chi connectivity index (χ0) is 22.8. The minimum absolute atomic E-state index is 0.0590. The van der Waals surface area contributed by atoms with Crippen molar-refractivity contribution in [3.05, 3.63) is 42.6 Å². The van der Waals surface area contributed by atoms with Gasteiger partial charge in [-0.25, -0.2) is 17.5 Å². The summed E-state index contributed by atoms with van der Waals surface area (Å²) in [6.07, 6.45) is 3.81. The van der Waals surface area contributed by atoms with Crippen molar-refractivity contribution in [2.75, 3.05) is 23.0 Å². The van der Waals surface area contributed by atoms with E-state index in [4.69, 9.17) is 4.74 Å². The van der Waals surface area contributed by atoms with Gasteiger partial charge in [0.05, 0.1) is 29.4 Å². The molecule has 3 aromatic rings. The monoisotopic (exact) mass is 462 g/mol. The van der Waals surface area contributed by atoms with E-state index < -0.39 is 15.9 Å². The first-order chi connectivity index (χ1) is 14.6. The molecule has 1 heterocycles. The number of hydrogen-bond acceptors (Lipinski definition) is 6. The van der Waals surface area contributed by atoms with Crippen molar-refractivity contribution in [3.8, 4) is 5.75 Å². The van der Waals surface area contributed by atoms with Gasteiger partial charge in [0, 0.05) is 18.2 Å². The molecule has 1 aromatic heterocycles. The summed E-state index contributed by atoms with van der Waals surface area (Å²) in [6.45, 7) is 5.10. The Morgan fingerprint density at radius 2 is 2.03 bits per heavy atom. The van der Waals surface area contributed by atoms with Crippen molar-refractivity contribution in [2.24, 2.45) is 5.92 Å². The van der Waals surface area contributed by atoms with E-state index in [1.807, 2.05) is 16.8 Å². The molecule has 31 heavy (non-hydrogen) atoms. The Morgan fingerprint density at radius 3 is 2.68 bits per heavy atom. The SMILES string of the molecule is COc1ccc(S(C)(=O)=O)cc1N(S)C(=O)Nc1cccc2c1cnn2CCC(C)C. The average Bonchev–Trinajstić information content (AvgIpc) is 3.14. The van der Waals surface area contributed by atoms with E-state index in [-0.39, 0.29) is 10.6 Å². The Bertz CT molecular complexity index is 1210. The Balaban J connectivity index is 1.89. The molecule has 166 valence electrons. The number of aromatic nitrogens is 2. The van der Waals surface area contributed by atoms with Crippen LogP contribution in [0, 0.1) is 5.92 Å². The normalized spacial score (nSPS) is 11.7. The van der Waals surface area contributed by atoms with Crippen LogP contribution in [0.25, 0.3) is 10.9 Å². The quantitative estimate of drug-likeness (QED) is 0.508. The number of sulfone groups is 1. The summed E-state index contributed by atoms with van der Waals surface area (Å²) in [6, 6.07) is 9.28. The van der Waals surface area contributed by atoms with Crippen LogP contribution in [0.2, 0.25) is 0 Å². The van der Waals surface area contributed by atoms with Gasteiger partial charge in [-0.3, -0.25) is 4.68 Å². The Hall–Kier alpha value is -2.72. The second kappa shape index (κ2) is 9.19. The summed E-state index contributed by atoms with van der Waals surface area (Å²) in [5.41, 5.74) is 1.71. The highest BCUT2D eigenvalue weighted by molar-refractivity contribution is 7.90. The molecule has 0 aliphatic carbocycles. The fourth-order valence-electron chi connectivity index (χ4n) is 3.11.